The van der Waals surface area contributed by atoms with E-state index in [1.807, 2.05) is 18.2 Å². The molecule has 1 aromatic carbocycles. The van der Waals surface area contributed by atoms with Gasteiger partial charge in [-0.1, -0.05) is 18.2 Å². The first kappa shape index (κ1) is 20.0. The molecule has 29 heavy (non-hydrogen) atoms. The van der Waals surface area contributed by atoms with Gasteiger partial charge in [-0.25, -0.2) is 0 Å². The van der Waals surface area contributed by atoms with Crippen molar-refractivity contribution in [3.63, 3.8) is 0 Å². The van der Waals surface area contributed by atoms with Crippen LogP contribution in [0.1, 0.15) is 60.5 Å². The fourth-order valence-electron chi connectivity index (χ4n) is 5.09. The molecule has 0 spiro atoms. The number of likely N-dealkylation sites (tertiary alicyclic amines) is 1. The molecule has 3 aliphatic rings. The molecule has 3 unspecified atom stereocenters. The van der Waals surface area contributed by atoms with E-state index < -0.39 is 6.04 Å². The highest BCUT2D eigenvalue weighted by molar-refractivity contribution is 6.05. The van der Waals surface area contributed by atoms with Gasteiger partial charge < -0.3 is 10.6 Å². The van der Waals surface area contributed by atoms with Gasteiger partial charge in [0.2, 0.25) is 11.8 Å². The second-order valence-electron chi connectivity index (χ2n) is 8.64. The molecule has 0 radical (unpaired) electrons. The lowest BCUT2D eigenvalue weighted by molar-refractivity contribution is -0.136. The molecule has 0 aromatic heterocycles. The van der Waals surface area contributed by atoms with Crippen LogP contribution in [0.5, 0.6) is 0 Å². The molecule has 7 heteroatoms. The van der Waals surface area contributed by atoms with Crippen LogP contribution in [0.15, 0.2) is 18.2 Å². The van der Waals surface area contributed by atoms with E-state index in [9.17, 15) is 14.4 Å². The lowest BCUT2D eigenvalue weighted by Crippen LogP contribution is -2.52. The predicted octanol–water partition coefficient (Wildman–Crippen LogP) is 1.40. The van der Waals surface area contributed by atoms with Crippen molar-refractivity contribution in [1.82, 2.24) is 15.1 Å². The smallest absolute Gasteiger partial charge is 0.255 e. The third-order valence-corrected chi connectivity index (χ3v) is 6.71. The van der Waals surface area contributed by atoms with Crippen LogP contribution in [0.25, 0.3) is 0 Å². The highest BCUT2D eigenvalue weighted by Gasteiger charge is 2.40. The van der Waals surface area contributed by atoms with Gasteiger partial charge in [0.05, 0.1) is 0 Å². The average Bonchev–Trinajstić information content (AvgIpc) is 3.02. The zero-order chi connectivity index (χ0) is 20.5. The largest absolute Gasteiger partial charge is 0.330 e. The molecule has 7 nitrogen and oxygen atoms in total. The number of imide groups is 1. The normalized spacial score (nSPS) is 27.9. The zero-order valence-electron chi connectivity index (χ0n) is 17.0. The molecule has 0 aliphatic carbocycles. The van der Waals surface area contributed by atoms with Gasteiger partial charge in [-0.05, 0) is 62.7 Å². The number of hydrogen-bond acceptors (Lipinski definition) is 5. The topological polar surface area (TPSA) is 95.7 Å². The summed E-state index contributed by atoms with van der Waals surface area (Å²) in [6.45, 7) is 5.19. The van der Waals surface area contributed by atoms with Crippen molar-refractivity contribution < 1.29 is 14.4 Å². The summed E-state index contributed by atoms with van der Waals surface area (Å²) in [7, 11) is 0. The number of rotatable bonds is 5. The highest BCUT2D eigenvalue weighted by Crippen LogP contribution is 2.32. The van der Waals surface area contributed by atoms with Gasteiger partial charge in [-0.2, -0.15) is 0 Å². The van der Waals surface area contributed by atoms with Crippen LogP contribution in [0, 0.1) is 5.92 Å². The second kappa shape index (κ2) is 8.24. The Morgan fingerprint density at radius 3 is 2.76 bits per heavy atom. The monoisotopic (exact) mass is 398 g/mol. The maximum atomic E-state index is 13.2. The SMILES string of the molecule is CC1CC(CCN)CCN1Cc1cccc2c1C(=O)N(C1CCC(=O)NC1=O)C2. The van der Waals surface area contributed by atoms with Gasteiger partial charge in [0.1, 0.15) is 6.04 Å². The van der Waals surface area contributed by atoms with Crippen LogP contribution in [0.2, 0.25) is 0 Å². The predicted molar refractivity (Wildman–Crippen MR) is 109 cm³/mol. The Bertz CT molecular complexity index is 824. The van der Waals surface area contributed by atoms with Gasteiger partial charge in [-0.3, -0.25) is 24.6 Å². The van der Waals surface area contributed by atoms with Gasteiger partial charge in [0, 0.05) is 31.1 Å². The van der Waals surface area contributed by atoms with E-state index in [1.165, 1.54) is 0 Å². The quantitative estimate of drug-likeness (QED) is 0.731. The molecule has 4 rings (SSSR count). The summed E-state index contributed by atoms with van der Waals surface area (Å²) in [6, 6.07) is 5.90. The standard InChI is InChI=1S/C22H30N4O3/c1-14-11-15(7-9-23)8-10-25(14)12-16-3-2-4-17-13-26(22(29)20(16)17)18-5-6-19(27)24-21(18)28/h2-4,14-15,18H,5-13,23H2,1H3,(H,24,27,28). The van der Waals surface area contributed by atoms with Gasteiger partial charge in [0.25, 0.3) is 5.91 Å². The minimum atomic E-state index is -0.564. The number of hydrogen-bond donors (Lipinski definition) is 2. The molecule has 156 valence electrons. The molecular formula is C22H30N4O3. The van der Waals surface area contributed by atoms with Crippen molar-refractivity contribution >= 4 is 17.7 Å². The molecule has 2 fully saturated rings. The number of carbonyl (C=O) groups excluding carboxylic acids is 3. The zero-order valence-corrected chi connectivity index (χ0v) is 17.0. The summed E-state index contributed by atoms with van der Waals surface area (Å²) in [5, 5.41) is 2.37. The molecule has 1 aromatic rings. The lowest BCUT2D eigenvalue weighted by atomic mass is 9.88. The minimum Gasteiger partial charge on any atom is -0.330 e. The Balaban J connectivity index is 1.49. The van der Waals surface area contributed by atoms with Crippen LogP contribution < -0.4 is 11.1 Å². The summed E-state index contributed by atoms with van der Waals surface area (Å²) in [6.07, 6.45) is 4.04. The number of carbonyl (C=O) groups is 3. The second-order valence-corrected chi connectivity index (χ2v) is 8.64. The fraction of sp³-hybridized carbons (Fsp3) is 0.591. The lowest BCUT2D eigenvalue weighted by Gasteiger charge is -2.38. The average molecular weight is 399 g/mol. The maximum absolute atomic E-state index is 13.2. The van der Waals surface area contributed by atoms with E-state index in [1.54, 1.807) is 4.90 Å². The van der Waals surface area contributed by atoms with Crippen molar-refractivity contribution in [2.45, 2.75) is 64.2 Å². The first-order chi connectivity index (χ1) is 14.0. The molecule has 3 atom stereocenters. The Kier molecular flexibility index (Phi) is 5.69. The third kappa shape index (κ3) is 3.94. The van der Waals surface area contributed by atoms with Crippen molar-refractivity contribution in [2.75, 3.05) is 13.1 Å². The Morgan fingerprint density at radius 1 is 1.21 bits per heavy atom. The molecule has 3 heterocycles. The fourth-order valence-corrected chi connectivity index (χ4v) is 5.09. The number of nitrogens with two attached hydrogens (primary N) is 1. The summed E-state index contributed by atoms with van der Waals surface area (Å²) in [5.74, 6) is -0.0177. The van der Waals surface area contributed by atoms with Gasteiger partial charge >= 0.3 is 0 Å². The number of nitrogens with zero attached hydrogens (tertiary/aromatic N) is 2. The Hall–Kier alpha value is -2.25. The molecule has 3 N–H and O–H groups in total. The van der Waals surface area contributed by atoms with E-state index in [-0.39, 0.29) is 24.1 Å². The first-order valence-corrected chi connectivity index (χ1v) is 10.7. The third-order valence-electron chi connectivity index (χ3n) is 6.71. The van der Waals surface area contributed by atoms with E-state index in [0.29, 0.717) is 24.9 Å². The molecule has 0 bridgehead atoms. The van der Waals surface area contributed by atoms with Gasteiger partial charge in [0.15, 0.2) is 0 Å². The highest BCUT2D eigenvalue weighted by atomic mass is 16.2. The number of nitrogens with one attached hydrogen (secondary N) is 1. The molecule has 3 aliphatic heterocycles. The number of amides is 3. The van der Waals surface area contributed by atoms with Crippen molar-refractivity contribution in [2.24, 2.45) is 11.7 Å². The summed E-state index contributed by atoms with van der Waals surface area (Å²) in [5.41, 5.74) is 8.48. The number of fused-ring (bicyclic) bond motifs is 1. The van der Waals surface area contributed by atoms with Crippen LogP contribution in [0.4, 0.5) is 0 Å². The van der Waals surface area contributed by atoms with E-state index in [4.69, 9.17) is 5.73 Å². The first-order valence-electron chi connectivity index (χ1n) is 10.7. The summed E-state index contributed by atoms with van der Waals surface area (Å²) < 4.78 is 0. The molecule has 2 saturated heterocycles. The van der Waals surface area contributed by atoms with E-state index in [2.05, 4.69) is 17.1 Å². The molecule has 0 saturated carbocycles. The molecular weight excluding hydrogens is 368 g/mol. The summed E-state index contributed by atoms with van der Waals surface area (Å²) >= 11 is 0. The van der Waals surface area contributed by atoms with Crippen molar-refractivity contribution in [3.05, 3.63) is 34.9 Å². The van der Waals surface area contributed by atoms with Crippen molar-refractivity contribution in [1.29, 1.82) is 0 Å². The molecule has 3 amide bonds. The number of piperidine rings is 2. The Morgan fingerprint density at radius 2 is 2.03 bits per heavy atom. The van der Waals surface area contributed by atoms with Crippen LogP contribution in [-0.4, -0.2) is 52.7 Å². The van der Waals surface area contributed by atoms with E-state index in [0.717, 1.165) is 55.6 Å². The van der Waals surface area contributed by atoms with Crippen LogP contribution in [0.3, 0.4) is 0 Å². The van der Waals surface area contributed by atoms with Crippen molar-refractivity contribution in [3.8, 4) is 0 Å². The van der Waals surface area contributed by atoms with Crippen LogP contribution >= 0.6 is 0 Å². The van der Waals surface area contributed by atoms with Gasteiger partial charge in [-0.15, -0.1) is 0 Å². The maximum Gasteiger partial charge on any atom is 0.255 e. The number of benzene rings is 1. The van der Waals surface area contributed by atoms with Crippen LogP contribution in [-0.2, 0) is 22.7 Å². The van der Waals surface area contributed by atoms with E-state index >= 15 is 0 Å². The minimum absolute atomic E-state index is 0.0873. The summed E-state index contributed by atoms with van der Waals surface area (Å²) in [4.78, 5) is 41.0. The Labute approximate surface area is 171 Å².